The molecule has 2 heterocycles. The van der Waals surface area contributed by atoms with Crippen molar-refractivity contribution in [3.63, 3.8) is 0 Å². The highest BCUT2D eigenvalue weighted by atomic mass is 16.5. The minimum atomic E-state index is -0.815. The maximum Gasteiger partial charge on any atom is 0.256 e. The molecule has 0 spiro atoms. The first kappa shape index (κ1) is 21.1. The number of hydrazone groups is 1. The summed E-state index contributed by atoms with van der Waals surface area (Å²) >= 11 is 0. The second-order valence-electron chi connectivity index (χ2n) is 8.19. The average molecular weight is 421 g/mol. The molecule has 2 N–H and O–H groups in total. The van der Waals surface area contributed by atoms with Crippen LogP contribution in [0.3, 0.4) is 0 Å². The lowest BCUT2D eigenvalue weighted by Gasteiger charge is -2.40. The summed E-state index contributed by atoms with van der Waals surface area (Å²) in [6.45, 7) is 1.17. The second kappa shape index (κ2) is 8.89. The number of nitrogens with zero attached hydrogens (tertiary/aromatic N) is 3. The minimum absolute atomic E-state index is 0.0650. The predicted octanol–water partition coefficient (Wildman–Crippen LogP) is 2.07. The summed E-state index contributed by atoms with van der Waals surface area (Å²) in [6.07, 6.45) is 1.50. The third-order valence-electron chi connectivity index (χ3n) is 6.02. The van der Waals surface area contributed by atoms with Gasteiger partial charge in [0.2, 0.25) is 5.91 Å². The van der Waals surface area contributed by atoms with Gasteiger partial charge in [-0.3, -0.25) is 9.59 Å². The number of hydrogen-bond acceptors (Lipinski definition) is 5. The van der Waals surface area contributed by atoms with Gasteiger partial charge >= 0.3 is 0 Å². The number of likely N-dealkylation sites (tertiary alicyclic amines) is 1. The largest absolute Gasteiger partial charge is 0.494 e. The molecular weight excluding hydrogens is 392 g/mol. The molecule has 4 rings (SSSR count). The van der Waals surface area contributed by atoms with Gasteiger partial charge < -0.3 is 15.4 Å². The summed E-state index contributed by atoms with van der Waals surface area (Å²) in [5.41, 5.74) is 7.30. The summed E-state index contributed by atoms with van der Waals surface area (Å²) in [5, 5.41) is 5.91. The quantitative estimate of drug-likeness (QED) is 0.743. The first-order valence-electron chi connectivity index (χ1n) is 10.6. The Bertz CT molecular complexity index is 963. The number of ether oxygens (including phenoxy) is 1. The van der Waals surface area contributed by atoms with Crippen LogP contribution >= 0.6 is 0 Å². The zero-order valence-electron chi connectivity index (χ0n) is 17.7. The first-order chi connectivity index (χ1) is 15.0. The van der Waals surface area contributed by atoms with Crippen molar-refractivity contribution in [1.29, 1.82) is 0 Å². The summed E-state index contributed by atoms with van der Waals surface area (Å²) in [5.74, 6) is 0.540. The fraction of sp³-hybridized carbons (Fsp3) is 0.375. The Morgan fingerprint density at radius 2 is 1.84 bits per heavy atom. The number of piperidine rings is 1. The zero-order valence-corrected chi connectivity index (χ0v) is 17.7. The van der Waals surface area contributed by atoms with Gasteiger partial charge in [0.25, 0.3) is 5.91 Å². The van der Waals surface area contributed by atoms with E-state index in [1.807, 2.05) is 60.7 Å². The number of nitrogens with two attached hydrogens (primary N) is 1. The number of carbonyl (C=O) groups excluding carboxylic acids is 2. The number of fused-ring (bicyclic) bond motifs is 1. The summed E-state index contributed by atoms with van der Waals surface area (Å²) in [6, 6.07) is 18.7. The topological polar surface area (TPSA) is 88.2 Å². The van der Waals surface area contributed by atoms with Crippen LogP contribution in [0.5, 0.6) is 5.75 Å². The molecule has 7 nitrogen and oxygen atoms in total. The zero-order chi connectivity index (χ0) is 21.8. The van der Waals surface area contributed by atoms with E-state index in [-0.39, 0.29) is 11.8 Å². The molecule has 162 valence electrons. The molecule has 1 fully saturated rings. The van der Waals surface area contributed by atoms with Gasteiger partial charge in [-0.05, 0) is 24.1 Å². The van der Waals surface area contributed by atoms with E-state index in [4.69, 9.17) is 10.5 Å². The van der Waals surface area contributed by atoms with Gasteiger partial charge in [-0.25, -0.2) is 5.01 Å². The van der Waals surface area contributed by atoms with Crippen LogP contribution in [0.1, 0.15) is 18.4 Å². The first-order valence-corrected chi connectivity index (χ1v) is 10.6. The van der Waals surface area contributed by atoms with Crippen LogP contribution in [-0.2, 0) is 16.0 Å². The number of carbonyl (C=O) groups is 2. The number of amides is 2. The van der Waals surface area contributed by atoms with Crippen molar-refractivity contribution in [2.45, 2.75) is 25.3 Å². The minimum Gasteiger partial charge on any atom is -0.494 e. The molecular formula is C24H28N4O3. The Morgan fingerprint density at radius 3 is 2.55 bits per heavy atom. The molecule has 0 bridgehead atoms. The van der Waals surface area contributed by atoms with Crippen molar-refractivity contribution in [2.75, 3.05) is 26.7 Å². The van der Waals surface area contributed by atoms with Crippen molar-refractivity contribution in [3.05, 3.63) is 66.2 Å². The monoisotopic (exact) mass is 420 g/mol. The maximum absolute atomic E-state index is 13.2. The maximum atomic E-state index is 13.2. The van der Waals surface area contributed by atoms with Crippen LogP contribution in [0.2, 0.25) is 0 Å². The molecule has 2 atom stereocenters. The summed E-state index contributed by atoms with van der Waals surface area (Å²) < 4.78 is 5.68. The van der Waals surface area contributed by atoms with Gasteiger partial charge in [-0.15, -0.1) is 0 Å². The van der Waals surface area contributed by atoms with Crippen molar-refractivity contribution in [2.24, 2.45) is 16.3 Å². The Balaban J connectivity index is 1.44. The SMILES string of the molecule is CN1N=C2CCN(C(=O)C(N)CCOc3ccccc3)C[C@@]2(Cc2ccccc2)C1=O. The molecule has 0 radical (unpaired) electrons. The van der Waals surface area contributed by atoms with Gasteiger partial charge in [0.05, 0.1) is 18.4 Å². The Kier molecular flexibility index (Phi) is 6.04. The molecule has 0 aromatic heterocycles. The Hall–Kier alpha value is -3.19. The second-order valence-corrected chi connectivity index (χ2v) is 8.19. The third-order valence-corrected chi connectivity index (χ3v) is 6.02. The highest BCUT2D eigenvalue weighted by Crippen LogP contribution is 2.38. The Labute approximate surface area is 182 Å². The summed E-state index contributed by atoms with van der Waals surface area (Å²) in [4.78, 5) is 28.0. The van der Waals surface area contributed by atoms with Crippen LogP contribution < -0.4 is 10.5 Å². The number of rotatable bonds is 7. The fourth-order valence-corrected chi connectivity index (χ4v) is 4.39. The molecule has 0 aliphatic carbocycles. The number of para-hydroxylation sites is 1. The van der Waals surface area contributed by atoms with E-state index < -0.39 is 11.5 Å². The molecule has 0 saturated carbocycles. The van der Waals surface area contributed by atoms with Crippen molar-refractivity contribution in [3.8, 4) is 5.75 Å². The molecule has 2 aliphatic rings. The van der Waals surface area contributed by atoms with Crippen molar-refractivity contribution in [1.82, 2.24) is 9.91 Å². The lowest BCUT2D eigenvalue weighted by Crippen LogP contribution is -2.58. The van der Waals surface area contributed by atoms with E-state index in [2.05, 4.69) is 5.10 Å². The molecule has 2 amide bonds. The predicted molar refractivity (Wildman–Crippen MR) is 119 cm³/mol. The molecule has 1 unspecified atom stereocenters. The molecule has 1 saturated heterocycles. The fourth-order valence-electron chi connectivity index (χ4n) is 4.39. The van der Waals surface area contributed by atoms with Crippen LogP contribution in [0, 0.1) is 5.41 Å². The Morgan fingerprint density at radius 1 is 1.16 bits per heavy atom. The van der Waals surface area contributed by atoms with Gasteiger partial charge in [0, 0.05) is 33.0 Å². The van der Waals surface area contributed by atoms with Crippen LogP contribution in [0.15, 0.2) is 65.8 Å². The third kappa shape index (κ3) is 4.32. The van der Waals surface area contributed by atoms with Gasteiger partial charge in [-0.2, -0.15) is 5.10 Å². The average Bonchev–Trinajstić information content (AvgIpc) is 3.04. The highest BCUT2D eigenvalue weighted by molar-refractivity contribution is 6.13. The lowest BCUT2D eigenvalue weighted by atomic mass is 9.73. The van der Waals surface area contributed by atoms with E-state index in [9.17, 15) is 9.59 Å². The molecule has 2 aromatic carbocycles. The van der Waals surface area contributed by atoms with E-state index in [0.717, 1.165) is 17.0 Å². The van der Waals surface area contributed by atoms with Gasteiger partial charge in [-0.1, -0.05) is 48.5 Å². The molecule has 31 heavy (non-hydrogen) atoms. The van der Waals surface area contributed by atoms with E-state index in [1.54, 1.807) is 11.9 Å². The highest BCUT2D eigenvalue weighted by Gasteiger charge is 2.53. The van der Waals surface area contributed by atoms with Crippen molar-refractivity contribution < 1.29 is 14.3 Å². The van der Waals surface area contributed by atoms with Crippen LogP contribution in [0.25, 0.3) is 0 Å². The normalized spacial score (nSPS) is 21.5. The summed E-state index contributed by atoms with van der Waals surface area (Å²) in [7, 11) is 1.68. The molecule has 2 aliphatic heterocycles. The van der Waals surface area contributed by atoms with Gasteiger partial charge in [0.1, 0.15) is 11.2 Å². The number of benzene rings is 2. The number of hydrogen-bond donors (Lipinski definition) is 1. The molecule has 2 aromatic rings. The van der Waals surface area contributed by atoms with Crippen LogP contribution in [-0.4, -0.2) is 60.2 Å². The standard InChI is InChI=1S/C24H28N4O3/c1-27-23(30)24(16-18-8-4-2-5-9-18)17-28(14-12-21(24)26-27)22(29)20(25)13-15-31-19-10-6-3-7-11-19/h2-11,20H,12-17,25H2,1H3/t20?,24-/m1/s1. The van der Waals surface area contributed by atoms with Crippen molar-refractivity contribution >= 4 is 17.5 Å². The van der Waals surface area contributed by atoms with Gasteiger partial charge in [0.15, 0.2) is 0 Å². The lowest BCUT2D eigenvalue weighted by molar-refractivity contribution is -0.140. The van der Waals surface area contributed by atoms with Crippen LogP contribution in [0.4, 0.5) is 0 Å². The van der Waals surface area contributed by atoms with E-state index >= 15 is 0 Å². The van der Waals surface area contributed by atoms with E-state index in [1.165, 1.54) is 5.01 Å². The smallest absolute Gasteiger partial charge is 0.256 e. The van der Waals surface area contributed by atoms with E-state index in [0.29, 0.717) is 39.0 Å². The molecule has 7 heteroatoms.